The lowest BCUT2D eigenvalue weighted by molar-refractivity contribution is 0.104. The molecule has 0 spiro atoms. The maximum Gasteiger partial charge on any atom is 0.195 e. The highest BCUT2D eigenvalue weighted by Crippen LogP contribution is 2.34. The Labute approximate surface area is 144 Å². The zero-order valence-electron chi connectivity index (χ0n) is 13.5. The van der Waals surface area contributed by atoms with Gasteiger partial charge < -0.3 is 4.98 Å². The molecule has 0 unspecified atom stereocenters. The van der Waals surface area contributed by atoms with E-state index in [-0.39, 0.29) is 5.78 Å². The molecular weight excluding hydrogens is 306 g/mol. The first kappa shape index (κ1) is 14.0. The number of para-hydroxylation sites is 1. The number of ketones is 1. The molecule has 0 amide bonds. The number of aromatic nitrogens is 1. The van der Waals surface area contributed by atoms with Crippen LogP contribution >= 0.6 is 0 Å². The third-order valence-corrected chi connectivity index (χ3v) is 4.79. The lowest BCUT2D eigenvalue weighted by Gasteiger charge is -2.08. The van der Waals surface area contributed by atoms with E-state index in [9.17, 15) is 4.79 Å². The van der Waals surface area contributed by atoms with Gasteiger partial charge in [-0.25, -0.2) is 0 Å². The molecule has 1 heterocycles. The van der Waals surface area contributed by atoms with Crippen LogP contribution in [0.4, 0.5) is 0 Å². The number of H-pyrrole nitrogens is 1. The third-order valence-electron chi connectivity index (χ3n) is 4.79. The highest BCUT2D eigenvalue weighted by molar-refractivity contribution is 6.27. The topological polar surface area (TPSA) is 32.9 Å². The number of nitrogens with one attached hydrogen (secondary N) is 1. The molecule has 2 nitrogen and oxygen atoms in total. The Bertz CT molecular complexity index is 1250. The molecule has 0 saturated carbocycles. The van der Waals surface area contributed by atoms with E-state index in [0.29, 0.717) is 5.56 Å². The fourth-order valence-electron chi connectivity index (χ4n) is 3.62. The van der Waals surface area contributed by atoms with Crippen molar-refractivity contribution in [2.24, 2.45) is 0 Å². The number of carbonyl (C=O) groups excluding carboxylic acids is 1. The predicted molar refractivity (Wildman–Crippen MR) is 103 cm³/mol. The van der Waals surface area contributed by atoms with Gasteiger partial charge in [0.25, 0.3) is 0 Å². The minimum atomic E-state index is 0.0500. The lowest BCUT2D eigenvalue weighted by Crippen LogP contribution is -2.03. The van der Waals surface area contributed by atoms with E-state index in [0.717, 1.165) is 38.1 Å². The van der Waals surface area contributed by atoms with Crippen molar-refractivity contribution < 1.29 is 4.79 Å². The molecule has 4 aromatic carbocycles. The number of hydrogen-bond acceptors (Lipinski definition) is 1. The first-order valence-electron chi connectivity index (χ1n) is 8.35. The van der Waals surface area contributed by atoms with Gasteiger partial charge in [-0.2, -0.15) is 0 Å². The fourth-order valence-corrected chi connectivity index (χ4v) is 3.62. The van der Waals surface area contributed by atoms with Crippen molar-refractivity contribution in [1.29, 1.82) is 0 Å². The van der Waals surface area contributed by atoms with Crippen molar-refractivity contribution in [3.8, 4) is 0 Å². The standard InChI is InChI=1S/C23H15NO/c25-23(15-8-2-1-3-9-15)21-17-11-5-4-10-16(17)14-19-18-12-6-7-13-20(18)24-22(19)21/h1-14,24H. The molecule has 0 aliphatic heterocycles. The smallest absolute Gasteiger partial charge is 0.195 e. The van der Waals surface area contributed by atoms with Gasteiger partial charge in [0, 0.05) is 21.9 Å². The van der Waals surface area contributed by atoms with Gasteiger partial charge in [-0.15, -0.1) is 0 Å². The Morgan fingerprint density at radius 2 is 1.36 bits per heavy atom. The highest BCUT2D eigenvalue weighted by Gasteiger charge is 2.19. The summed E-state index contributed by atoms with van der Waals surface area (Å²) in [7, 11) is 0. The molecule has 0 aliphatic rings. The Hall–Kier alpha value is -3.39. The minimum absolute atomic E-state index is 0.0500. The van der Waals surface area contributed by atoms with Gasteiger partial charge in [-0.3, -0.25) is 4.79 Å². The SMILES string of the molecule is O=C(c1ccccc1)c1c2ccccc2cc2c1[nH]c1ccccc12. The van der Waals surface area contributed by atoms with Crippen molar-refractivity contribution in [2.75, 3.05) is 0 Å². The van der Waals surface area contributed by atoms with Crippen LogP contribution in [0.2, 0.25) is 0 Å². The zero-order valence-corrected chi connectivity index (χ0v) is 13.5. The molecule has 0 radical (unpaired) electrons. The number of fused-ring (bicyclic) bond motifs is 4. The molecule has 0 bridgehead atoms. The van der Waals surface area contributed by atoms with Crippen LogP contribution in [0.25, 0.3) is 32.6 Å². The van der Waals surface area contributed by atoms with Crippen molar-refractivity contribution in [2.45, 2.75) is 0 Å². The quantitative estimate of drug-likeness (QED) is 0.415. The van der Waals surface area contributed by atoms with E-state index in [1.165, 1.54) is 0 Å². The van der Waals surface area contributed by atoms with Crippen LogP contribution in [0, 0.1) is 0 Å². The maximum atomic E-state index is 13.3. The summed E-state index contributed by atoms with van der Waals surface area (Å²) >= 11 is 0. The molecule has 0 fully saturated rings. The van der Waals surface area contributed by atoms with Crippen LogP contribution in [0.1, 0.15) is 15.9 Å². The number of rotatable bonds is 2. The van der Waals surface area contributed by atoms with Crippen LogP contribution in [-0.2, 0) is 0 Å². The molecular formula is C23H15NO. The number of carbonyl (C=O) groups is 1. The summed E-state index contributed by atoms with van der Waals surface area (Å²) < 4.78 is 0. The minimum Gasteiger partial charge on any atom is -0.354 e. The Morgan fingerprint density at radius 1 is 0.680 bits per heavy atom. The number of benzene rings is 4. The predicted octanol–water partition coefficient (Wildman–Crippen LogP) is 5.71. The average molecular weight is 321 g/mol. The van der Waals surface area contributed by atoms with E-state index in [2.05, 4.69) is 29.2 Å². The van der Waals surface area contributed by atoms with Gasteiger partial charge in [-0.05, 0) is 22.9 Å². The van der Waals surface area contributed by atoms with Gasteiger partial charge in [0.1, 0.15) is 0 Å². The van der Waals surface area contributed by atoms with Crippen LogP contribution in [-0.4, -0.2) is 10.8 Å². The summed E-state index contributed by atoms with van der Waals surface area (Å²) in [6.45, 7) is 0. The first-order valence-corrected chi connectivity index (χ1v) is 8.35. The monoisotopic (exact) mass is 321 g/mol. The number of aromatic amines is 1. The van der Waals surface area contributed by atoms with E-state index in [4.69, 9.17) is 0 Å². The molecule has 0 saturated heterocycles. The summed E-state index contributed by atoms with van der Waals surface area (Å²) in [5.74, 6) is 0.0500. The molecule has 5 aromatic rings. The van der Waals surface area contributed by atoms with Crippen molar-refractivity contribution in [1.82, 2.24) is 4.98 Å². The second kappa shape index (κ2) is 5.32. The molecule has 0 atom stereocenters. The van der Waals surface area contributed by atoms with Crippen LogP contribution in [0.3, 0.4) is 0 Å². The molecule has 1 N–H and O–H groups in total. The Morgan fingerprint density at radius 3 is 2.20 bits per heavy atom. The summed E-state index contributed by atoms with van der Waals surface area (Å²) in [5.41, 5.74) is 3.41. The van der Waals surface area contributed by atoms with Gasteiger partial charge in [-0.1, -0.05) is 72.8 Å². The van der Waals surface area contributed by atoms with Crippen molar-refractivity contribution in [3.63, 3.8) is 0 Å². The molecule has 5 rings (SSSR count). The van der Waals surface area contributed by atoms with Gasteiger partial charge >= 0.3 is 0 Å². The lowest BCUT2D eigenvalue weighted by atomic mass is 9.94. The van der Waals surface area contributed by atoms with Crippen LogP contribution in [0.15, 0.2) is 84.9 Å². The number of hydrogen-bond donors (Lipinski definition) is 1. The average Bonchev–Trinajstić information content (AvgIpc) is 3.04. The van der Waals surface area contributed by atoms with Crippen LogP contribution < -0.4 is 0 Å². The van der Waals surface area contributed by atoms with E-state index < -0.39 is 0 Å². The van der Waals surface area contributed by atoms with Crippen molar-refractivity contribution in [3.05, 3.63) is 96.1 Å². The fraction of sp³-hybridized carbons (Fsp3) is 0. The van der Waals surface area contributed by atoms with Gasteiger partial charge in [0.05, 0.1) is 11.1 Å². The second-order valence-electron chi connectivity index (χ2n) is 6.26. The maximum absolute atomic E-state index is 13.3. The molecule has 0 aliphatic carbocycles. The summed E-state index contributed by atoms with van der Waals surface area (Å²) in [5, 5.41) is 4.30. The zero-order chi connectivity index (χ0) is 16.8. The highest BCUT2D eigenvalue weighted by atomic mass is 16.1. The summed E-state index contributed by atoms with van der Waals surface area (Å²) in [4.78, 5) is 16.8. The molecule has 1 aromatic heterocycles. The molecule has 118 valence electrons. The largest absolute Gasteiger partial charge is 0.354 e. The second-order valence-corrected chi connectivity index (χ2v) is 6.26. The van der Waals surface area contributed by atoms with Gasteiger partial charge in [0.2, 0.25) is 0 Å². The van der Waals surface area contributed by atoms with Crippen molar-refractivity contribution >= 4 is 38.4 Å². The van der Waals surface area contributed by atoms with E-state index >= 15 is 0 Å². The first-order chi connectivity index (χ1) is 12.3. The Kier molecular flexibility index (Phi) is 2.98. The molecule has 25 heavy (non-hydrogen) atoms. The third kappa shape index (κ3) is 2.08. The summed E-state index contributed by atoms with van der Waals surface area (Å²) in [6, 6.07) is 27.9. The van der Waals surface area contributed by atoms with Crippen LogP contribution in [0.5, 0.6) is 0 Å². The van der Waals surface area contributed by atoms with Gasteiger partial charge in [0.15, 0.2) is 5.78 Å². The van der Waals surface area contributed by atoms with E-state index in [1.54, 1.807) is 0 Å². The van der Waals surface area contributed by atoms with E-state index in [1.807, 2.05) is 60.7 Å². The summed E-state index contributed by atoms with van der Waals surface area (Å²) in [6.07, 6.45) is 0. The molecule has 2 heteroatoms. The normalized spacial score (nSPS) is 11.4. The Balaban J connectivity index is 1.95.